The summed E-state index contributed by atoms with van der Waals surface area (Å²) >= 11 is 3.60. The second-order valence-corrected chi connectivity index (χ2v) is 6.29. The Bertz CT molecular complexity index is 489. The normalized spacial score (nSPS) is 21.2. The lowest BCUT2D eigenvalue weighted by atomic mass is 9.99. The molecule has 1 fully saturated rings. The zero-order valence-electron chi connectivity index (χ0n) is 11.4. The van der Waals surface area contributed by atoms with Crippen LogP contribution >= 0.6 is 28.3 Å². The Morgan fingerprint density at radius 1 is 1.45 bits per heavy atom. The summed E-state index contributed by atoms with van der Waals surface area (Å²) in [7, 11) is 0. The number of hydrogen-bond acceptors (Lipinski definition) is 2. The standard InChI is InChI=1S/C15H19BrN2O.ClH/c16-14-5-1-3-11-10-18(8-6-13(11)14)15(19)9-12-4-2-7-17-12;/h1,3,5,12,17H,2,4,6-10H2;1H. The highest BCUT2D eigenvalue weighted by molar-refractivity contribution is 9.10. The number of halogens is 2. The van der Waals surface area contributed by atoms with Gasteiger partial charge in [-0.1, -0.05) is 28.1 Å². The van der Waals surface area contributed by atoms with Crippen molar-refractivity contribution < 1.29 is 4.79 Å². The van der Waals surface area contributed by atoms with Gasteiger partial charge in [0.25, 0.3) is 0 Å². The molecule has 1 N–H and O–H groups in total. The van der Waals surface area contributed by atoms with Gasteiger partial charge in [0, 0.05) is 30.0 Å². The topological polar surface area (TPSA) is 32.3 Å². The molecule has 1 aromatic carbocycles. The van der Waals surface area contributed by atoms with Crippen molar-refractivity contribution in [1.82, 2.24) is 10.2 Å². The lowest BCUT2D eigenvalue weighted by Gasteiger charge is -2.30. The monoisotopic (exact) mass is 358 g/mol. The molecule has 1 atom stereocenters. The van der Waals surface area contributed by atoms with Crippen LogP contribution < -0.4 is 5.32 Å². The van der Waals surface area contributed by atoms with Gasteiger partial charge < -0.3 is 10.2 Å². The molecule has 2 aliphatic rings. The maximum atomic E-state index is 12.3. The molecule has 1 amide bonds. The van der Waals surface area contributed by atoms with Crippen LogP contribution in [0.25, 0.3) is 0 Å². The summed E-state index contributed by atoms with van der Waals surface area (Å²) in [6.45, 7) is 2.68. The summed E-state index contributed by atoms with van der Waals surface area (Å²) in [5.74, 6) is 0.296. The smallest absolute Gasteiger partial charge is 0.224 e. The van der Waals surface area contributed by atoms with Crippen LogP contribution in [0.2, 0.25) is 0 Å². The zero-order chi connectivity index (χ0) is 13.2. The number of carbonyl (C=O) groups excluding carboxylic acids is 1. The molecule has 1 aromatic rings. The fourth-order valence-electron chi connectivity index (χ4n) is 3.05. The van der Waals surface area contributed by atoms with Gasteiger partial charge in [0.2, 0.25) is 5.91 Å². The Hall–Kier alpha value is -0.580. The molecule has 3 nitrogen and oxygen atoms in total. The number of carbonyl (C=O) groups is 1. The highest BCUT2D eigenvalue weighted by Crippen LogP contribution is 2.26. The van der Waals surface area contributed by atoms with E-state index in [1.807, 2.05) is 4.90 Å². The first-order valence-electron chi connectivity index (χ1n) is 7.01. The van der Waals surface area contributed by atoms with E-state index in [1.54, 1.807) is 0 Å². The number of nitrogens with one attached hydrogen (secondary N) is 1. The Balaban J connectivity index is 0.00000147. The highest BCUT2D eigenvalue weighted by atomic mass is 79.9. The van der Waals surface area contributed by atoms with E-state index >= 15 is 0 Å². The van der Waals surface area contributed by atoms with E-state index in [-0.39, 0.29) is 12.4 Å². The van der Waals surface area contributed by atoms with Crippen LogP contribution in [0.5, 0.6) is 0 Å². The molecule has 0 aromatic heterocycles. The van der Waals surface area contributed by atoms with Crippen LogP contribution in [0.4, 0.5) is 0 Å². The maximum Gasteiger partial charge on any atom is 0.224 e. The van der Waals surface area contributed by atoms with Gasteiger partial charge in [0.1, 0.15) is 0 Å². The summed E-state index contributed by atoms with van der Waals surface area (Å²) in [4.78, 5) is 14.3. The average Bonchev–Trinajstić information content (AvgIpc) is 2.91. The SMILES string of the molecule is Cl.O=C(CC1CCCN1)N1CCc2c(Br)cccc2C1. The molecule has 0 radical (unpaired) electrons. The summed E-state index contributed by atoms with van der Waals surface area (Å²) in [5.41, 5.74) is 2.65. The third kappa shape index (κ3) is 3.35. The predicted octanol–water partition coefficient (Wildman–Crippen LogP) is 2.90. The Kier molecular flexibility index (Phi) is 5.47. The van der Waals surface area contributed by atoms with E-state index < -0.39 is 0 Å². The van der Waals surface area contributed by atoms with Crippen LogP contribution in [0.1, 0.15) is 30.4 Å². The van der Waals surface area contributed by atoms with Crippen molar-refractivity contribution in [3.8, 4) is 0 Å². The second kappa shape index (κ2) is 6.92. The zero-order valence-corrected chi connectivity index (χ0v) is 13.8. The number of hydrogen-bond donors (Lipinski definition) is 1. The number of rotatable bonds is 2. The number of nitrogens with zero attached hydrogens (tertiary/aromatic N) is 1. The van der Waals surface area contributed by atoms with E-state index in [9.17, 15) is 4.79 Å². The third-order valence-corrected chi connectivity index (χ3v) is 4.89. The first-order valence-corrected chi connectivity index (χ1v) is 7.81. The summed E-state index contributed by atoms with van der Waals surface area (Å²) in [5, 5.41) is 3.40. The minimum Gasteiger partial charge on any atom is -0.338 e. The molecule has 20 heavy (non-hydrogen) atoms. The van der Waals surface area contributed by atoms with Crippen LogP contribution in [0.3, 0.4) is 0 Å². The molecule has 110 valence electrons. The molecule has 1 saturated heterocycles. The number of amides is 1. The van der Waals surface area contributed by atoms with Crippen molar-refractivity contribution in [3.05, 3.63) is 33.8 Å². The van der Waals surface area contributed by atoms with Gasteiger partial charge in [0.15, 0.2) is 0 Å². The second-order valence-electron chi connectivity index (χ2n) is 5.44. The molecule has 5 heteroatoms. The predicted molar refractivity (Wildman–Crippen MR) is 86.2 cm³/mol. The molecule has 0 saturated carbocycles. The molecular weight excluding hydrogens is 340 g/mol. The van der Waals surface area contributed by atoms with E-state index in [4.69, 9.17) is 0 Å². The molecule has 2 heterocycles. The van der Waals surface area contributed by atoms with Gasteiger partial charge in [-0.15, -0.1) is 12.4 Å². The largest absolute Gasteiger partial charge is 0.338 e. The first kappa shape index (κ1) is 15.8. The quantitative estimate of drug-likeness (QED) is 0.880. The Labute approximate surface area is 134 Å². The highest BCUT2D eigenvalue weighted by Gasteiger charge is 2.25. The Morgan fingerprint density at radius 2 is 2.30 bits per heavy atom. The van der Waals surface area contributed by atoms with E-state index in [2.05, 4.69) is 39.4 Å². The Morgan fingerprint density at radius 3 is 3.05 bits per heavy atom. The van der Waals surface area contributed by atoms with Gasteiger partial charge in [-0.3, -0.25) is 4.79 Å². The van der Waals surface area contributed by atoms with Crippen molar-refractivity contribution in [2.75, 3.05) is 13.1 Å². The van der Waals surface area contributed by atoms with Crippen molar-refractivity contribution in [1.29, 1.82) is 0 Å². The molecule has 0 spiro atoms. The molecular formula is C15H20BrClN2O. The van der Waals surface area contributed by atoms with Gasteiger partial charge in [-0.2, -0.15) is 0 Å². The molecule has 0 aliphatic carbocycles. The molecule has 0 bridgehead atoms. The van der Waals surface area contributed by atoms with Crippen LogP contribution in [0.15, 0.2) is 22.7 Å². The van der Waals surface area contributed by atoms with Gasteiger partial charge in [-0.05, 0) is 43.0 Å². The minimum atomic E-state index is 0. The van der Waals surface area contributed by atoms with Gasteiger partial charge in [0.05, 0.1) is 0 Å². The lowest BCUT2D eigenvalue weighted by molar-refractivity contribution is -0.132. The van der Waals surface area contributed by atoms with Crippen molar-refractivity contribution >= 4 is 34.2 Å². The molecule has 3 rings (SSSR count). The first-order chi connectivity index (χ1) is 9.24. The van der Waals surface area contributed by atoms with Crippen molar-refractivity contribution in [2.45, 2.75) is 38.3 Å². The van der Waals surface area contributed by atoms with Crippen LogP contribution in [-0.2, 0) is 17.8 Å². The van der Waals surface area contributed by atoms with Crippen molar-refractivity contribution in [3.63, 3.8) is 0 Å². The summed E-state index contributed by atoms with van der Waals surface area (Å²) < 4.78 is 1.18. The minimum absolute atomic E-state index is 0. The molecule has 1 unspecified atom stereocenters. The number of fused-ring (bicyclic) bond motifs is 1. The van der Waals surface area contributed by atoms with E-state index in [0.717, 1.165) is 32.5 Å². The number of benzene rings is 1. The van der Waals surface area contributed by atoms with Gasteiger partial charge >= 0.3 is 0 Å². The maximum absolute atomic E-state index is 12.3. The van der Waals surface area contributed by atoms with Crippen LogP contribution in [-0.4, -0.2) is 29.9 Å². The fourth-order valence-corrected chi connectivity index (χ4v) is 3.65. The van der Waals surface area contributed by atoms with Crippen molar-refractivity contribution in [2.24, 2.45) is 0 Å². The average molecular weight is 360 g/mol. The van der Waals surface area contributed by atoms with Crippen LogP contribution in [0, 0.1) is 0 Å². The third-order valence-electron chi connectivity index (χ3n) is 4.14. The van der Waals surface area contributed by atoms with Gasteiger partial charge in [-0.25, -0.2) is 0 Å². The lowest BCUT2D eigenvalue weighted by Crippen LogP contribution is -2.39. The molecule has 2 aliphatic heterocycles. The summed E-state index contributed by atoms with van der Waals surface area (Å²) in [6, 6.07) is 6.66. The van der Waals surface area contributed by atoms with E-state index in [0.29, 0.717) is 18.4 Å². The fraction of sp³-hybridized carbons (Fsp3) is 0.533. The summed E-state index contributed by atoms with van der Waals surface area (Å²) in [6.07, 6.45) is 3.96. The van der Waals surface area contributed by atoms with E-state index in [1.165, 1.54) is 22.0 Å².